The summed E-state index contributed by atoms with van der Waals surface area (Å²) >= 11 is 29.6. The molecule has 1 aromatic carbocycles. The van der Waals surface area contributed by atoms with Crippen molar-refractivity contribution >= 4 is 88.7 Å². The third kappa shape index (κ3) is 2.81. The Bertz CT molecular complexity index is 235. The van der Waals surface area contributed by atoms with Gasteiger partial charge in [0.25, 0.3) is 0 Å². The Kier molecular flexibility index (Phi) is 6.35. The van der Waals surface area contributed by atoms with Gasteiger partial charge in [0.1, 0.15) is 0 Å². The Hall–Kier alpha value is 1.63. The SMILES string of the molecule is O.[Na][c]1c(Cl)c(Cl)c(Cl)c(Cl)c1Cl. The van der Waals surface area contributed by atoms with Crippen LogP contribution in [-0.2, 0) is 0 Å². The van der Waals surface area contributed by atoms with Gasteiger partial charge in [-0.15, -0.1) is 0 Å². The zero-order valence-electron chi connectivity index (χ0n) is 6.39. The van der Waals surface area contributed by atoms with E-state index in [0.29, 0.717) is 38.0 Å². The van der Waals surface area contributed by atoms with Gasteiger partial charge in [0.2, 0.25) is 0 Å². The summed E-state index contributed by atoms with van der Waals surface area (Å²) in [5.41, 5.74) is 0. The van der Waals surface area contributed by atoms with E-state index >= 15 is 0 Å². The number of hydrogen-bond donors (Lipinski definition) is 0. The van der Waals surface area contributed by atoms with Gasteiger partial charge >= 0.3 is 114 Å². The number of benzene rings is 1. The van der Waals surface area contributed by atoms with Gasteiger partial charge in [0.05, 0.1) is 0 Å². The second-order valence-corrected chi connectivity index (χ2v) is 5.08. The molecule has 1 nitrogen and oxygen atoms in total. The van der Waals surface area contributed by atoms with Crippen molar-refractivity contribution in [1.29, 1.82) is 0 Å². The van der Waals surface area contributed by atoms with Crippen LogP contribution in [0.5, 0.6) is 0 Å². The van der Waals surface area contributed by atoms with Gasteiger partial charge in [-0.05, 0) is 0 Å². The second-order valence-electron chi connectivity index (χ2n) is 2.19. The molecule has 2 N–H and O–H groups in total. The summed E-state index contributed by atoms with van der Waals surface area (Å²) in [5, 5.41) is 1.58. The molecule has 0 aliphatic carbocycles. The first kappa shape index (κ1) is 14.6. The van der Waals surface area contributed by atoms with E-state index in [2.05, 4.69) is 0 Å². The van der Waals surface area contributed by atoms with Crippen LogP contribution in [0.3, 0.4) is 0 Å². The standard InChI is InChI=1S/C6Cl5.Na.H2O/c7-2-1-3(8)5(10)6(11)4(2)9;;/h;;1H2. The zero-order chi connectivity index (χ0) is 9.46. The summed E-state index contributed by atoms with van der Waals surface area (Å²) in [6.45, 7) is 0. The molecule has 0 radical (unpaired) electrons. The maximum atomic E-state index is 5.84. The number of hydrogen-bond acceptors (Lipinski definition) is 0. The fourth-order valence-corrected chi connectivity index (χ4v) is 2.76. The average Bonchev–Trinajstić information content (AvgIpc) is 2.08. The third-order valence-corrected chi connectivity index (χ3v) is 5.53. The van der Waals surface area contributed by atoms with Gasteiger partial charge in [-0.2, -0.15) is 0 Å². The predicted octanol–water partition coefficient (Wildman–Crippen LogP) is 2.92. The van der Waals surface area contributed by atoms with Gasteiger partial charge in [-0.1, -0.05) is 0 Å². The minimum absolute atomic E-state index is 0. The quantitative estimate of drug-likeness (QED) is 0.400. The molecule has 0 amide bonds. The van der Waals surface area contributed by atoms with Crippen molar-refractivity contribution < 1.29 is 5.48 Å². The van der Waals surface area contributed by atoms with Crippen LogP contribution in [0.25, 0.3) is 0 Å². The third-order valence-electron chi connectivity index (χ3n) is 1.43. The van der Waals surface area contributed by atoms with Crippen LogP contribution >= 0.6 is 58.0 Å². The summed E-state index contributed by atoms with van der Waals surface area (Å²) in [6.07, 6.45) is 0. The van der Waals surface area contributed by atoms with Crippen LogP contribution in [0.15, 0.2) is 0 Å². The molecule has 1 aromatic rings. The molecular weight excluding hydrogens is 288 g/mol. The first-order valence-electron chi connectivity index (χ1n) is 2.94. The normalized spacial score (nSPS) is 9.77. The number of halogens is 5. The number of rotatable bonds is 0. The molecule has 68 valence electrons. The van der Waals surface area contributed by atoms with Gasteiger partial charge < -0.3 is 5.48 Å². The Balaban J connectivity index is 0.00000144. The van der Waals surface area contributed by atoms with Crippen molar-refractivity contribution in [3.63, 3.8) is 0 Å². The minimum atomic E-state index is 0. The van der Waals surface area contributed by atoms with Gasteiger partial charge in [0, 0.05) is 0 Å². The Morgan fingerprint density at radius 2 is 0.846 bits per heavy atom. The van der Waals surface area contributed by atoms with Gasteiger partial charge in [-0.3, -0.25) is 0 Å². The van der Waals surface area contributed by atoms with Gasteiger partial charge in [0.15, 0.2) is 0 Å². The van der Waals surface area contributed by atoms with E-state index in [4.69, 9.17) is 58.0 Å². The average molecular weight is 290 g/mol. The molecule has 0 unspecified atom stereocenters. The molecule has 0 bridgehead atoms. The monoisotopic (exact) mass is 288 g/mol. The summed E-state index contributed by atoms with van der Waals surface area (Å²) in [6, 6.07) is 0. The fraction of sp³-hybridized carbons (Fsp3) is 0. The van der Waals surface area contributed by atoms with Crippen LogP contribution in [0.4, 0.5) is 0 Å². The van der Waals surface area contributed by atoms with Crippen molar-refractivity contribution in [2.45, 2.75) is 0 Å². The summed E-state index contributed by atoms with van der Waals surface area (Å²) in [4.78, 5) is 0. The van der Waals surface area contributed by atoms with E-state index in [9.17, 15) is 0 Å². The Morgan fingerprint density at radius 3 is 1.15 bits per heavy atom. The van der Waals surface area contributed by atoms with Crippen LogP contribution in [0.2, 0.25) is 25.1 Å². The van der Waals surface area contributed by atoms with E-state index in [1.54, 1.807) is 0 Å². The maximum absolute atomic E-state index is 5.84. The molecule has 0 aromatic heterocycles. The van der Waals surface area contributed by atoms with E-state index < -0.39 is 0 Å². The molecule has 0 saturated carbocycles. The van der Waals surface area contributed by atoms with Crippen LogP contribution < -0.4 is 2.81 Å². The molecule has 7 heteroatoms. The van der Waals surface area contributed by atoms with Crippen molar-refractivity contribution in [2.24, 2.45) is 0 Å². The van der Waals surface area contributed by atoms with Crippen molar-refractivity contribution in [1.82, 2.24) is 0 Å². The molecular formula is C6H2Cl5NaO. The molecule has 0 aliphatic rings. The van der Waals surface area contributed by atoms with E-state index in [-0.39, 0.29) is 20.5 Å². The fourth-order valence-electron chi connectivity index (χ4n) is 0.715. The van der Waals surface area contributed by atoms with Crippen molar-refractivity contribution in [2.75, 3.05) is 0 Å². The second kappa shape index (κ2) is 5.64. The molecule has 0 aliphatic heterocycles. The van der Waals surface area contributed by atoms with Crippen LogP contribution in [0.1, 0.15) is 0 Å². The van der Waals surface area contributed by atoms with E-state index in [0.717, 1.165) is 2.81 Å². The molecule has 0 heterocycles. The van der Waals surface area contributed by atoms with Crippen LogP contribution in [0, 0.1) is 0 Å². The van der Waals surface area contributed by atoms with E-state index in [1.165, 1.54) is 0 Å². The Labute approximate surface area is 118 Å². The van der Waals surface area contributed by atoms with E-state index in [1.807, 2.05) is 0 Å². The molecule has 1 rings (SSSR count). The summed E-state index contributed by atoms with van der Waals surface area (Å²) in [7, 11) is 0. The molecule has 13 heavy (non-hydrogen) atoms. The zero-order valence-corrected chi connectivity index (χ0v) is 12.2. The molecule has 0 saturated heterocycles. The van der Waals surface area contributed by atoms with Crippen molar-refractivity contribution in [3.8, 4) is 0 Å². The van der Waals surface area contributed by atoms with Crippen molar-refractivity contribution in [3.05, 3.63) is 25.1 Å². The topological polar surface area (TPSA) is 31.5 Å². The predicted molar refractivity (Wildman–Crippen MR) is 60.5 cm³/mol. The summed E-state index contributed by atoms with van der Waals surface area (Å²) in [5.74, 6) is 0. The van der Waals surface area contributed by atoms with Crippen LogP contribution in [-0.4, -0.2) is 33.4 Å². The first-order chi connectivity index (χ1) is 5.46. The van der Waals surface area contributed by atoms with Gasteiger partial charge in [-0.25, -0.2) is 0 Å². The first-order valence-corrected chi connectivity index (χ1v) is 5.83. The molecule has 0 fully saturated rings. The summed E-state index contributed by atoms with van der Waals surface area (Å²) < 4.78 is 0.776. The molecule has 0 atom stereocenters. The molecule has 0 spiro atoms. The Morgan fingerprint density at radius 1 is 0.615 bits per heavy atom.